The summed E-state index contributed by atoms with van der Waals surface area (Å²) in [5.74, 6) is 1.36. The van der Waals surface area contributed by atoms with Crippen LogP contribution in [0.1, 0.15) is 25.7 Å². The molecule has 1 fully saturated rings. The van der Waals surface area contributed by atoms with Crippen LogP contribution in [0, 0.1) is 0 Å². The summed E-state index contributed by atoms with van der Waals surface area (Å²) in [6.07, 6.45) is 7.95. The van der Waals surface area contributed by atoms with Gasteiger partial charge in [-0.25, -0.2) is 13.4 Å². The minimum atomic E-state index is -3.67. The summed E-state index contributed by atoms with van der Waals surface area (Å²) < 4.78 is 33.4. The van der Waals surface area contributed by atoms with Gasteiger partial charge >= 0.3 is 0 Å². The number of nitrogens with zero attached hydrogens (tertiary/aromatic N) is 1. The largest absolute Gasteiger partial charge is 0.490 e. The second-order valence-electron chi connectivity index (χ2n) is 6.20. The van der Waals surface area contributed by atoms with Gasteiger partial charge in [-0.2, -0.15) is 0 Å². The molecule has 1 saturated carbocycles. The number of sulfonamides is 1. The molecule has 138 valence electrons. The first-order chi connectivity index (χ1) is 12.6. The number of pyridine rings is 1. The lowest BCUT2D eigenvalue weighted by atomic mass is 10.3. The summed E-state index contributed by atoms with van der Waals surface area (Å²) in [7, 11) is -3.67. The lowest BCUT2D eigenvalue weighted by molar-refractivity contribution is 0.210. The van der Waals surface area contributed by atoms with Gasteiger partial charge < -0.3 is 10.1 Å². The Labute approximate surface area is 154 Å². The Bertz CT molecular complexity index is 827. The van der Waals surface area contributed by atoms with Gasteiger partial charge in [-0.05, 0) is 62.1 Å². The molecular weight excluding hydrogens is 350 g/mol. The quantitative estimate of drug-likeness (QED) is 0.688. The molecule has 1 aromatic carbocycles. The average Bonchev–Trinajstić information content (AvgIpc) is 3.14. The lowest BCUT2D eigenvalue weighted by Crippen LogP contribution is -2.14. The van der Waals surface area contributed by atoms with Crippen molar-refractivity contribution in [1.82, 2.24) is 4.98 Å². The first kappa shape index (κ1) is 18.3. The Kier molecular flexibility index (Phi) is 5.78. The van der Waals surface area contributed by atoms with Crippen LogP contribution in [0.15, 0.2) is 60.1 Å². The fourth-order valence-corrected chi connectivity index (χ4v) is 3.89. The van der Waals surface area contributed by atoms with E-state index in [0.29, 0.717) is 23.8 Å². The maximum atomic E-state index is 12.5. The third-order valence-electron chi connectivity index (χ3n) is 4.18. The molecule has 0 unspecified atom stereocenters. The van der Waals surface area contributed by atoms with Crippen LogP contribution in [0.3, 0.4) is 0 Å². The van der Waals surface area contributed by atoms with Crippen LogP contribution in [-0.2, 0) is 10.0 Å². The fourth-order valence-electron chi connectivity index (χ4n) is 2.85. The van der Waals surface area contributed by atoms with E-state index >= 15 is 0 Å². The minimum Gasteiger partial charge on any atom is -0.490 e. The van der Waals surface area contributed by atoms with E-state index in [1.165, 1.54) is 19.0 Å². The average molecular weight is 373 g/mol. The molecule has 2 aromatic rings. The van der Waals surface area contributed by atoms with Gasteiger partial charge in [0.15, 0.2) is 0 Å². The molecule has 1 aliphatic rings. The molecule has 0 atom stereocenters. The molecule has 2 N–H and O–H groups in total. The first-order valence-corrected chi connectivity index (χ1v) is 10.2. The molecule has 1 heterocycles. The van der Waals surface area contributed by atoms with Crippen molar-refractivity contribution in [2.75, 3.05) is 16.6 Å². The van der Waals surface area contributed by atoms with Gasteiger partial charge in [-0.3, -0.25) is 4.72 Å². The van der Waals surface area contributed by atoms with E-state index in [1.807, 2.05) is 0 Å². The third kappa shape index (κ3) is 4.76. The van der Waals surface area contributed by atoms with Crippen LogP contribution >= 0.6 is 0 Å². The lowest BCUT2D eigenvalue weighted by Gasteiger charge is -2.13. The van der Waals surface area contributed by atoms with Crippen LogP contribution in [0.25, 0.3) is 0 Å². The van der Waals surface area contributed by atoms with Gasteiger partial charge in [0.2, 0.25) is 0 Å². The molecule has 0 saturated heterocycles. The molecule has 3 rings (SSSR count). The highest BCUT2D eigenvalue weighted by molar-refractivity contribution is 7.92. The highest BCUT2D eigenvalue weighted by Crippen LogP contribution is 2.25. The van der Waals surface area contributed by atoms with E-state index in [9.17, 15) is 8.42 Å². The monoisotopic (exact) mass is 373 g/mol. The second kappa shape index (κ2) is 8.23. The molecule has 26 heavy (non-hydrogen) atoms. The summed E-state index contributed by atoms with van der Waals surface area (Å²) >= 11 is 0. The summed E-state index contributed by atoms with van der Waals surface area (Å²) in [6, 6.07) is 9.88. The molecule has 1 aliphatic carbocycles. The van der Waals surface area contributed by atoms with Crippen molar-refractivity contribution in [2.45, 2.75) is 36.7 Å². The Morgan fingerprint density at radius 1 is 1.15 bits per heavy atom. The number of anilines is 2. The Balaban J connectivity index is 1.64. The summed E-state index contributed by atoms with van der Waals surface area (Å²) in [6.45, 7) is 4.21. The zero-order chi connectivity index (χ0) is 18.4. The normalized spacial score (nSPS) is 14.8. The summed E-state index contributed by atoms with van der Waals surface area (Å²) in [5, 5.41) is 3.03. The molecular formula is C19H23N3O3S. The fraction of sp³-hybridized carbons (Fsp3) is 0.316. The molecule has 6 nitrogen and oxygen atoms in total. The van der Waals surface area contributed by atoms with Crippen molar-refractivity contribution in [1.29, 1.82) is 0 Å². The predicted molar refractivity (Wildman–Crippen MR) is 103 cm³/mol. The third-order valence-corrected chi connectivity index (χ3v) is 5.58. The van der Waals surface area contributed by atoms with Crippen molar-refractivity contribution >= 4 is 21.5 Å². The number of benzene rings is 1. The van der Waals surface area contributed by atoms with Crippen LogP contribution < -0.4 is 14.8 Å². The van der Waals surface area contributed by atoms with E-state index in [-0.39, 0.29) is 11.0 Å². The Morgan fingerprint density at radius 3 is 2.50 bits per heavy atom. The SMILES string of the molecule is C=CCNc1ccc(NS(=O)(=O)c2ccc(OC3CCCC3)cc2)cn1. The molecule has 0 radical (unpaired) electrons. The van der Waals surface area contributed by atoms with Gasteiger partial charge in [0.05, 0.1) is 22.9 Å². The zero-order valence-corrected chi connectivity index (χ0v) is 15.3. The Morgan fingerprint density at radius 2 is 1.88 bits per heavy atom. The molecule has 0 aliphatic heterocycles. The summed E-state index contributed by atoms with van der Waals surface area (Å²) in [4.78, 5) is 4.34. The number of hydrogen-bond acceptors (Lipinski definition) is 5. The van der Waals surface area contributed by atoms with E-state index in [4.69, 9.17) is 4.74 Å². The first-order valence-electron chi connectivity index (χ1n) is 8.67. The minimum absolute atomic E-state index is 0.185. The maximum absolute atomic E-state index is 12.5. The van der Waals surface area contributed by atoms with E-state index in [2.05, 4.69) is 21.6 Å². The van der Waals surface area contributed by atoms with Crippen molar-refractivity contribution in [3.8, 4) is 5.75 Å². The van der Waals surface area contributed by atoms with Crippen LogP contribution in [0.2, 0.25) is 0 Å². The van der Waals surface area contributed by atoms with Crippen molar-refractivity contribution in [3.63, 3.8) is 0 Å². The van der Waals surface area contributed by atoms with Crippen LogP contribution in [-0.4, -0.2) is 26.1 Å². The van der Waals surface area contributed by atoms with Gasteiger partial charge in [-0.15, -0.1) is 6.58 Å². The summed E-state index contributed by atoms with van der Waals surface area (Å²) in [5.41, 5.74) is 0.403. The predicted octanol–water partition coefficient (Wildman–Crippen LogP) is 3.80. The van der Waals surface area contributed by atoms with Crippen LogP contribution in [0.4, 0.5) is 11.5 Å². The second-order valence-corrected chi connectivity index (χ2v) is 7.89. The van der Waals surface area contributed by atoms with E-state index in [0.717, 1.165) is 12.8 Å². The van der Waals surface area contributed by atoms with Crippen molar-refractivity contribution in [3.05, 3.63) is 55.3 Å². The number of aromatic nitrogens is 1. The molecule has 7 heteroatoms. The van der Waals surface area contributed by atoms with E-state index < -0.39 is 10.0 Å². The number of rotatable bonds is 8. The van der Waals surface area contributed by atoms with Crippen molar-refractivity contribution in [2.24, 2.45) is 0 Å². The molecule has 0 bridgehead atoms. The van der Waals surface area contributed by atoms with Crippen molar-refractivity contribution < 1.29 is 13.2 Å². The Hall–Kier alpha value is -2.54. The highest BCUT2D eigenvalue weighted by Gasteiger charge is 2.18. The molecule has 0 amide bonds. The van der Waals surface area contributed by atoms with Gasteiger partial charge in [0.25, 0.3) is 10.0 Å². The number of nitrogens with one attached hydrogen (secondary N) is 2. The highest BCUT2D eigenvalue weighted by atomic mass is 32.2. The van der Waals surface area contributed by atoms with Gasteiger partial charge in [-0.1, -0.05) is 6.08 Å². The van der Waals surface area contributed by atoms with Gasteiger partial charge in [0.1, 0.15) is 11.6 Å². The molecule has 0 spiro atoms. The smallest absolute Gasteiger partial charge is 0.261 e. The number of ether oxygens (including phenoxy) is 1. The standard InChI is InChI=1S/C19H23N3O3S/c1-2-13-20-19-12-7-15(14-21-19)22-26(23,24)18-10-8-17(9-11-18)25-16-5-3-4-6-16/h2,7-12,14,16,22H,1,3-6,13H2,(H,20,21). The van der Waals surface area contributed by atoms with Crippen LogP contribution in [0.5, 0.6) is 5.75 Å². The van der Waals surface area contributed by atoms with E-state index in [1.54, 1.807) is 42.5 Å². The number of hydrogen-bond donors (Lipinski definition) is 2. The zero-order valence-electron chi connectivity index (χ0n) is 14.5. The molecule has 1 aromatic heterocycles. The maximum Gasteiger partial charge on any atom is 0.261 e. The topological polar surface area (TPSA) is 80.3 Å². The van der Waals surface area contributed by atoms with Gasteiger partial charge in [0, 0.05) is 6.54 Å².